The maximum absolute atomic E-state index is 14.9. The molecule has 0 radical (unpaired) electrons. The fourth-order valence-corrected chi connectivity index (χ4v) is 6.20. The van der Waals surface area contributed by atoms with Crippen LogP contribution in [0.25, 0.3) is 22.3 Å². The Bertz CT molecular complexity index is 1480. The fraction of sp³-hybridized carbons (Fsp3) is 0.462. The molecule has 9 heteroatoms. The lowest BCUT2D eigenvalue weighted by molar-refractivity contribution is -0.236. The van der Waals surface area contributed by atoms with Gasteiger partial charge in [-0.05, 0) is 43.4 Å². The molecular weight excluding hydrogens is 455 g/mol. The molecule has 2 aliphatic heterocycles. The molecule has 4 heterocycles. The van der Waals surface area contributed by atoms with Crippen molar-refractivity contribution in [3.63, 3.8) is 0 Å². The second-order valence-electron chi connectivity index (χ2n) is 9.78. The Labute approximate surface area is 200 Å². The van der Waals surface area contributed by atoms with Gasteiger partial charge in [-0.3, -0.25) is 4.79 Å². The third-order valence-corrected chi connectivity index (χ3v) is 8.34. The van der Waals surface area contributed by atoms with Crippen molar-refractivity contribution in [1.82, 2.24) is 9.55 Å². The summed E-state index contributed by atoms with van der Waals surface area (Å²) in [6, 6.07) is 3.07. The SMILES string of the molecule is CC[C@]1(O)c2cc3n(c(=O)c2COC1O)Cc1c-3nc2cc(F)c(C)c3c2c1[C@](CO)(OC)CC3. The highest BCUT2D eigenvalue weighted by molar-refractivity contribution is 5.93. The Hall–Kier alpha value is -2.69. The Balaban J connectivity index is 1.72. The number of aliphatic hydroxyl groups excluding tert-OH is 2. The number of aromatic nitrogens is 2. The summed E-state index contributed by atoms with van der Waals surface area (Å²) >= 11 is 0. The second kappa shape index (κ2) is 7.41. The van der Waals surface area contributed by atoms with Crippen LogP contribution in [0.2, 0.25) is 0 Å². The Kier molecular flexibility index (Phi) is 4.82. The minimum atomic E-state index is -1.74. The molecule has 1 unspecified atom stereocenters. The van der Waals surface area contributed by atoms with E-state index in [4.69, 9.17) is 14.5 Å². The third kappa shape index (κ3) is 2.73. The lowest BCUT2D eigenvalue weighted by Gasteiger charge is -2.38. The van der Waals surface area contributed by atoms with Gasteiger partial charge in [0.2, 0.25) is 0 Å². The van der Waals surface area contributed by atoms with E-state index in [1.165, 1.54) is 6.07 Å². The number of benzene rings is 1. The van der Waals surface area contributed by atoms with Gasteiger partial charge in [0, 0.05) is 40.8 Å². The van der Waals surface area contributed by atoms with Crippen LogP contribution in [0.3, 0.4) is 0 Å². The summed E-state index contributed by atoms with van der Waals surface area (Å²) in [5, 5.41) is 32.8. The molecule has 3 aromatic rings. The number of aliphatic hydroxyl groups is 3. The summed E-state index contributed by atoms with van der Waals surface area (Å²) in [4.78, 5) is 18.4. The van der Waals surface area contributed by atoms with Crippen LogP contribution < -0.4 is 5.56 Å². The monoisotopic (exact) mass is 482 g/mol. The third-order valence-electron chi connectivity index (χ3n) is 8.34. The van der Waals surface area contributed by atoms with Gasteiger partial charge in [0.25, 0.3) is 5.56 Å². The van der Waals surface area contributed by atoms with E-state index < -0.39 is 17.5 Å². The standard InChI is InChI=1S/C26H27FN2O6/c1-4-26(33)16-7-19-22-14(9-29(19)23(31)15(16)10-35-24(26)32)21-20-13(5-6-25(21,11-30)34-3)12(2)17(27)8-18(20)28-22/h7-8,24,30,32-33H,4-6,9-11H2,1-3H3/t24?,25-,26-/m0/s1. The van der Waals surface area contributed by atoms with Crippen LogP contribution in [0, 0.1) is 12.7 Å². The molecule has 0 saturated heterocycles. The first-order valence-corrected chi connectivity index (χ1v) is 11.8. The topological polar surface area (TPSA) is 114 Å². The number of halogens is 1. The average molecular weight is 483 g/mol. The zero-order chi connectivity index (χ0) is 24.9. The number of pyridine rings is 2. The van der Waals surface area contributed by atoms with Gasteiger partial charge in [-0.2, -0.15) is 0 Å². The van der Waals surface area contributed by atoms with Gasteiger partial charge in [-0.25, -0.2) is 9.37 Å². The molecular formula is C26H27FN2O6. The molecule has 0 spiro atoms. The molecule has 0 fully saturated rings. The lowest BCUT2D eigenvalue weighted by atomic mass is 9.75. The molecule has 0 amide bonds. The number of rotatable bonds is 3. The van der Waals surface area contributed by atoms with Gasteiger partial charge in [0.15, 0.2) is 6.29 Å². The van der Waals surface area contributed by atoms with Gasteiger partial charge in [-0.1, -0.05) is 6.92 Å². The number of methoxy groups -OCH3 is 1. The average Bonchev–Trinajstić information content (AvgIpc) is 3.23. The van der Waals surface area contributed by atoms with Gasteiger partial charge in [0.1, 0.15) is 17.0 Å². The van der Waals surface area contributed by atoms with Gasteiger partial charge < -0.3 is 29.4 Å². The minimum absolute atomic E-state index is 0.121. The molecule has 6 rings (SSSR count). The van der Waals surface area contributed by atoms with Crippen molar-refractivity contribution in [2.24, 2.45) is 0 Å². The van der Waals surface area contributed by atoms with Crippen LogP contribution in [0.5, 0.6) is 0 Å². The van der Waals surface area contributed by atoms with E-state index in [0.717, 1.165) is 22.1 Å². The van der Waals surface area contributed by atoms with Crippen LogP contribution in [0.15, 0.2) is 16.9 Å². The number of ether oxygens (including phenoxy) is 2. The highest BCUT2D eigenvalue weighted by Crippen LogP contribution is 2.49. The Morgan fingerprint density at radius 3 is 2.77 bits per heavy atom. The molecule has 1 aliphatic carbocycles. The first kappa shape index (κ1) is 22.8. The summed E-state index contributed by atoms with van der Waals surface area (Å²) in [5.41, 5.74) is 1.75. The maximum Gasteiger partial charge on any atom is 0.257 e. The summed E-state index contributed by atoms with van der Waals surface area (Å²) in [6.45, 7) is 3.25. The van der Waals surface area contributed by atoms with E-state index in [0.29, 0.717) is 40.9 Å². The normalized spacial score (nSPS) is 26.5. The number of aryl methyl sites for hydroxylation is 1. The predicted molar refractivity (Wildman–Crippen MR) is 124 cm³/mol. The predicted octanol–water partition coefficient (Wildman–Crippen LogP) is 2.10. The van der Waals surface area contributed by atoms with Crippen LogP contribution in [0.1, 0.15) is 53.1 Å². The molecule has 35 heavy (non-hydrogen) atoms. The van der Waals surface area contributed by atoms with E-state index in [-0.39, 0.29) is 43.1 Å². The molecule has 3 aliphatic rings. The number of nitrogens with zero attached hydrogens (tertiary/aromatic N) is 2. The zero-order valence-electron chi connectivity index (χ0n) is 19.8. The first-order valence-electron chi connectivity index (χ1n) is 11.8. The van der Waals surface area contributed by atoms with Crippen LogP contribution in [-0.2, 0) is 40.2 Å². The molecule has 184 valence electrons. The van der Waals surface area contributed by atoms with Crippen molar-refractivity contribution < 1.29 is 29.2 Å². The Morgan fingerprint density at radius 1 is 1.31 bits per heavy atom. The van der Waals surface area contributed by atoms with Crippen molar-refractivity contribution in [3.05, 3.63) is 61.7 Å². The van der Waals surface area contributed by atoms with Gasteiger partial charge >= 0.3 is 0 Å². The second-order valence-corrected chi connectivity index (χ2v) is 9.78. The molecule has 1 aromatic carbocycles. The van der Waals surface area contributed by atoms with E-state index in [2.05, 4.69) is 0 Å². The molecule has 3 N–H and O–H groups in total. The van der Waals surface area contributed by atoms with Gasteiger partial charge in [-0.15, -0.1) is 0 Å². The van der Waals surface area contributed by atoms with Crippen LogP contribution in [-0.4, -0.2) is 44.9 Å². The quantitative estimate of drug-likeness (QED) is 0.410. The summed E-state index contributed by atoms with van der Waals surface area (Å²) in [7, 11) is 1.54. The van der Waals surface area contributed by atoms with Crippen molar-refractivity contribution in [1.29, 1.82) is 0 Å². The minimum Gasteiger partial charge on any atom is -0.393 e. The van der Waals surface area contributed by atoms with Gasteiger partial charge in [0.05, 0.1) is 36.7 Å². The van der Waals surface area contributed by atoms with Crippen molar-refractivity contribution in [3.8, 4) is 11.4 Å². The van der Waals surface area contributed by atoms with E-state index >= 15 is 0 Å². The van der Waals surface area contributed by atoms with Crippen molar-refractivity contribution in [2.45, 2.75) is 63.8 Å². The Morgan fingerprint density at radius 2 is 2.09 bits per heavy atom. The molecule has 0 saturated carbocycles. The highest BCUT2D eigenvalue weighted by atomic mass is 19.1. The summed E-state index contributed by atoms with van der Waals surface area (Å²) in [5.74, 6) is -0.360. The van der Waals surface area contributed by atoms with E-state index in [9.17, 15) is 24.5 Å². The fourth-order valence-electron chi connectivity index (χ4n) is 6.20. The molecule has 8 nitrogen and oxygen atoms in total. The first-order chi connectivity index (χ1) is 16.7. The molecule has 0 bridgehead atoms. The lowest BCUT2D eigenvalue weighted by Crippen LogP contribution is -2.47. The van der Waals surface area contributed by atoms with Crippen molar-refractivity contribution >= 4 is 10.9 Å². The van der Waals surface area contributed by atoms with E-state index in [1.807, 2.05) is 0 Å². The van der Waals surface area contributed by atoms with Crippen LogP contribution in [0.4, 0.5) is 4.39 Å². The largest absolute Gasteiger partial charge is 0.393 e. The maximum atomic E-state index is 14.9. The highest BCUT2D eigenvalue weighted by Gasteiger charge is 2.46. The number of hydrogen-bond acceptors (Lipinski definition) is 7. The number of hydrogen-bond donors (Lipinski definition) is 3. The van der Waals surface area contributed by atoms with E-state index in [1.54, 1.807) is 31.6 Å². The van der Waals surface area contributed by atoms with Crippen LogP contribution >= 0.6 is 0 Å². The summed E-state index contributed by atoms with van der Waals surface area (Å²) < 4.78 is 27.7. The number of fused-ring (bicyclic) bond motifs is 5. The van der Waals surface area contributed by atoms with Crippen molar-refractivity contribution in [2.75, 3.05) is 13.7 Å². The zero-order valence-corrected chi connectivity index (χ0v) is 19.8. The molecule has 2 aromatic heterocycles. The summed E-state index contributed by atoms with van der Waals surface area (Å²) in [6.07, 6.45) is -0.343. The smallest absolute Gasteiger partial charge is 0.257 e. The molecule has 3 atom stereocenters.